The summed E-state index contributed by atoms with van der Waals surface area (Å²) in [6.45, 7) is 3.01. The fraction of sp³-hybridized carbons (Fsp3) is 0.529. The first kappa shape index (κ1) is 14.0. The topological polar surface area (TPSA) is 29.5 Å². The predicted octanol–water partition coefficient (Wildman–Crippen LogP) is 3.30. The average molecular weight is 258 g/mol. The first-order chi connectivity index (χ1) is 9.29. The zero-order valence-electron chi connectivity index (χ0n) is 11.6. The molecule has 1 fully saturated rings. The summed E-state index contributed by atoms with van der Waals surface area (Å²) in [4.78, 5) is 0. The molecule has 102 valence electrons. The third-order valence-corrected chi connectivity index (χ3v) is 3.62. The summed E-state index contributed by atoms with van der Waals surface area (Å²) in [5.74, 6) is 7.70. The number of ether oxygens (including phenoxy) is 1. The van der Waals surface area contributed by atoms with Crippen molar-refractivity contribution in [3.8, 4) is 17.6 Å². The SMILES string of the molecule is Cc1cc(OCC2CCCC2)ccc1C#CCCO. The van der Waals surface area contributed by atoms with E-state index in [1.807, 2.05) is 19.1 Å². The predicted molar refractivity (Wildman–Crippen MR) is 77.2 cm³/mol. The summed E-state index contributed by atoms with van der Waals surface area (Å²) in [5.41, 5.74) is 2.15. The summed E-state index contributed by atoms with van der Waals surface area (Å²) in [6, 6.07) is 6.05. The highest BCUT2D eigenvalue weighted by Gasteiger charge is 2.15. The van der Waals surface area contributed by atoms with E-state index in [2.05, 4.69) is 17.9 Å². The van der Waals surface area contributed by atoms with Gasteiger partial charge in [0.05, 0.1) is 13.2 Å². The van der Waals surface area contributed by atoms with Crippen LogP contribution >= 0.6 is 0 Å². The van der Waals surface area contributed by atoms with Gasteiger partial charge in [0.1, 0.15) is 5.75 Å². The van der Waals surface area contributed by atoms with Crippen molar-refractivity contribution in [2.75, 3.05) is 13.2 Å². The molecule has 0 aromatic heterocycles. The molecule has 0 bridgehead atoms. The van der Waals surface area contributed by atoms with E-state index in [9.17, 15) is 0 Å². The van der Waals surface area contributed by atoms with Crippen LogP contribution in [-0.4, -0.2) is 18.3 Å². The van der Waals surface area contributed by atoms with Crippen LogP contribution in [-0.2, 0) is 0 Å². The normalized spacial score (nSPS) is 15.1. The molecule has 1 aromatic carbocycles. The van der Waals surface area contributed by atoms with E-state index in [1.54, 1.807) is 0 Å². The zero-order valence-corrected chi connectivity index (χ0v) is 11.6. The van der Waals surface area contributed by atoms with Gasteiger partial charge in [-0.1, -0.05) is 24.7 Å². The Hall–Kier alpha value is -1.46. The molecule has 0 saturated heterocycles. The second kappa shape index (κ2) is 7.21. The molecule has 1 aliphatic carbocycles. The van der Waals surface area contributed by atoms with Crippen LogP contribution in [0.25, 0.3) is 0 Å². The van der Waals surface area contributed by atoms with Crippen LogP contribution in [0.1, 0.15) is 43.2 Å². The molecule has 1 aliphatic rings. The van der Waals surface area contributed by atoms with Crippen molar-refractivity contribution < 1.29 is 9.84 Å². The molecule has 2 heteroatoms. The minimum absolute atomic E-state index is 0.120. The van der Waals surface area contributed by atoms with Gasteiger partial charge in [0.2, 0.25) is 0 Å². The second-order valence-electron chi connectivity index (χ2n) is 5.21. The molecule has 0 heterocycles. The van der Waals surface area contributed by atoms with E-state index in [-0.39, 0.29) is 6.61 Å². The molecule has 0 spiro atoms. The third-order valence-electron chi connectivity index (χ3n) is 3.62. The highest BCUT2D eigenvalue weighted by atomic mass is 16.5. The number of hydrogen-bond acceptors (Lipinski definition) is 2. The van der Waals surface area contributed by atoms with Gasteiger partial charge in [0, 0.05) is 12.0 Å². The van der Waals surface area contributed by atoms with Gasteiger partial charge in [0.25, 0.3) is 0 Å². The van der Waals surface area contributed by atoms with E-state index in [0.29, 0.717) is 6.42 Å². The number of aryl methyl sites for hydroxylation is 1. The molecular formula is C17H22O2. The van der Waals surface area contributed by atoms with Crippen LogP contribution in [0.2, 0.25) is 0 Å². The number of aliphatic hydroxyl groups is 1. The van der Waals surface area contributed by atoms with Crippen LogP contribution in [0.5, 0.6) is 5.75 Å². The molecule has 1 N–H and O–H groups in total. The summed E-state index contributed by atoms with van der Waals surface area (Å²) in [7, 11) is 0. The molecule has 0 aliphatic heterocycles. The van der Waals surface area contributed by atoms with Crippen LogP contribution < -0.4 is 4.74 Å². The largest absolute Gasteiger partial charge is 0.493 e. The van der Waals surface area contributed by atoms with Crippen molar-refractivity contribution in [3.05, 3.63) is 29.3 Å². The maximum Gasteiger partial charge on any atom is 0.119 e. The van der Waals surface area contributed by atoms with E-state index < -0.39 is 0 Å². The maximum atomic E-state index is 8.71. The highest BCUT2D eigenvalue weighted by molar-refractivity contribution is 5.44. The van der Waals surface area contributed by atoms with Crippen LogP contribution in [0.4, 0.5) is 0 Å². The van der Waals surface area contributed by atoms with Crippen LogP contribution in [0.15, 0.2) is 18.2 Å². The molecule has 0 atom stereocenters. The van der Waals surface area contributed by atoms with Gasteiger partial charge in [-0.05, 0) is 49.4 Å². The number of benzene rings is 1. The molecule has 0 amide bonds. The lowest BCUT2D eigenvalue weighted by atomic mass is 10.1. The van der Waals surface area contributed by atoms with Gasteiger partial charge < -0.3 is 9.84 Å². The van der Waals surface area contributed by atoms with Crippen molar-refractivity contribution in [1.82, 2.24) is 0 Å². The Kier molecular flexibility index (Phi) is 5.30. The highest BCUT2D eigenvalue weighted by Crippen LogP contribution is 2.26. The van der Waals surface area contributed by atoms with E-state index in [1.165, 1.54) is 25.7 Å². The molecule has 0 unspecified atom stereocenters. The van der Waals surface area contributed by atoms with E-state index >= 15 is 0 Å². The van der Waals surface area contributed by atoms with Gasteiger partial charge >= 0.3 is 0 Å². The smallest absolute Gasteiger partial charge is 0.119 e. The van der Waals surface area contributed by atoms with Crippen molar-refractivity contribution in [3.63, 3.8) is 0 Å². The molecule has 0 radical (unpaired) electrons. The van der Waals surface area contributed by atoms with Gasteiger partial charge in [-0.25, -0.2) is 0 Å². The summed E-state index contributed by atoms with van der Waals surface area (Å²) in [5, 5.41) is 8.71. The van der Waals surface area contributed by atoms with Crippen LogP contribution in [0, 0.1) is 24.7 Å². The van der Waals surface area contributed by atoms with Gasteiger partial charge in [-0.3, -0.25) is 0 Å². The zero-order chi connectivity index (χ0) is 13.5. The van der Waals surface area contributed by atoms with E-state index in [4.69, 9.17) is 9.84 Å². The monoisotopic (exact) mass is 258 g/mol. The maximum absolute atomic E-state index is 8.71. The average Bonchev–Trinajstić information content (AvgIpc) is 2.92. The third kappa shape index (κ3) is 4.29. The van der Waals surface area contributed by atoms with Gasteiger partial charge in [-0.15, -0.1) is 0 Å². The van der Waals surface area contributed by atoms with Crippen LogP contribution in [0.3, 0.4) is 0 Å². The molecule has 2 rings (SSSR count). The van der Waals surface area contributed by atoms with Gasteiger partial charge in [0.15, 0.2) is 0 Å². The molecule has 19 heavy (non-hydrogen) atoms. The lowest BCUT2D eigenvalue weighted by Crippen LogP contribution is -2.08. The minimum Gasteiger partial charge on any atom is -0.493 e. The lowest BCUT2D eigenvalue weighted by Gasteiger charge is -2.12. The van der Waals surface area contributed by atoms with E-state index in [0.717, 1.165) is 29.4 Å². The Balaban J connectivity index is 1.92. The Morgan fingerprint density at radius 3 is 2.79 bits per heavy atom. The number of hydrogen-bond donors (Lipinski definition) is 1. The molecule has 1 saturated carbocycles. The van der Waals surface area contributed by atoms with Crippen molar-refractivity contribution in [2.24, 2.45) is 5.92 Å². The standard InChI is InChI=1S/C17H22O2/c1-14-12-17(19-13-15-6-2-3-7-15)10-9-16(14)8-4-5-11-18/h9-10,12,15,18H,2-3,5-7,11,13H2,1H3. The fourth-order valence-electron chi connectivity index (χ4n) is 2.47. The Bertz CT molecular complexity index is 462. The molecule has 2 nitrogen and oxygen atoms in total. The summed E-state index contributed by atoms with van der Waals surface area (Å²) in [6.07, 6.45) is 5.85. The van der Waals surface area contributed by atoms with Crippen molar-refractivity contribution in [1.29, 1.82) is 0 Å². The number of aliphatic hydroxyl groups excluding tert-OH is 1. The molecule has 1 aromatic rings. The minimum atomic E-state index is 0.120. The summed E-state index contributed by atoms with van der Waals surface area (Å²) >= 11 is 0. The first-order valence-corrected chi connectivity index (χ1v) is 7.13. The quantitative estimate of drug-likeness (QED) is 0.840. The van der Waals surface area contributed by atoms with Gasteiger partial charge in [-0.2, -0.15) is 0 Å². The van der Waals surface area contributed by atoms with Crippen molar-refractivity contribution >= 4 is 0 Å². The Labute approximate surface area is 115 Å². The summed E-state index contributed by atoms with van der Waals surface area (Å²) < 4.78 is 5.86. The Morgan fingerprint density at radius 1 is 1.32 bits per heavy atom. The lowest BCUT2D eigenvalue weighted by molar-refractivity contribution is 0.252. The van der Waals surface area contributed by atoms with Crippen molar-refractivity contribution in [2.45, 2.75) is 39.0 Å². The fourth-order valence-corrected chi connectivity index (χ4v) is 2.47. The first-order valence-electron chi connectivity index (χ1n) is 7.13. The second-order valence-corrected chi connectivity index (χ2v) is 5.21. The Morgan fingerprint density at radius 2 is 2.11 bits per heavy atom. The molecular weight excluding hydrogens is 236 g/mol. The number of rotatable bonds is 4.